The van der Waals surface area contributed by atoms with Gasteiger partial charge < -0.3 is 9.84 Å². The molecule has 0 aliphatic carbocycles. The maximum absolute atomic E-state index is 12.6. The number of phenolic OH excluding ortho intramolecular Hbond substituents is 1. The predicted molar refractivity (Wildman–Crippen MR) is 160 cm³/mol. The molecule has 1 aliphatic rings. The Bertz CT molecular complexity index is 1110. The topological polar surface area (TPSA) is 77.4 Å². The molecular formula is C32H48N4O3. The number of hydrogen-bond acceptors (Lipinski definition) is 6. The van der Waals surface area contributed by atoms with Crippen molar-refractivity contribution in [2.45, 2.75) is 78.7 Å². The van der Waals surface area contributed by atoms with Crippen molar-refractivity contribution in [1.82, 2.24) is 15.2 Å². The van der Waals surface area contributed by atoms with Crippen LogP contribution in [0.3, 0.4) is 0 Å². The molecule has 214 valence electrons. The number of hydrazone groups is 1. The summed E-state index contributed by atoms with van der Waals surface area (Å²) in [7, 11) is 0. The Kier molecular flexibility index (Phi) is 10.6. The molecule has 1 aliphatic heterocycles. The summed E-state index contributed by atoms with van der Waals surface area (Å²) in [5.41, 5.74) is 6.23. The van der Waals surface area contributed by atoms with E-state index in [-0.39, 0.29) is 22.5 Å². The number of benzene rings is 2. The summed E-state index contributed by atoms with van der Waals surface area (Å²) in [6, 6.07) is 12.4. The van der Waals surface area contributed by atoms with Crippen LogP contribution in [-0.2, 0) is 22.2 Å². The van der Waals surface area contributed by atoms with Crippen LogP contribution in [0.2, 0.25) is 0 Å². The second kappa shape index (κ2) is 13.4. The van der Waals surface area contributed by atoms with Gasteiger partial charge in [-0.05, 0) is 46.6 Å². The third kappa shape index (κ3) is 9.36. The Labute approximate surface area is 235 Å². The first-order chi connectivity index (χ1) is 18.4. The molecule has 3 rings (SSSR count). The second-order valence-electron chi connectivity index (χ2n) is 12.7. The lowest BCUT2D eigenvalue weighted by Crippen LogP contribution is -2.48. The van der Waals surface area contributed by atoms with E-state index < -0.39 is 0 Å². The van der Waals surface area contributed by atoms with Crippen molar-refractivity contribution >= 4 is 12.1 Å². The van der Waals surface area contributed by atoms with E-state index in [1.807, 2.05) is 6.07 Å². The molecule has 2 aromatic carbocycles. The number of carbonyl (C=O) groups excluding carboxylic acids is 1. The van der Waals surface area contributed by atoms with Gasteiger partial charge in [0, 0.05) is 43.9 Å². The van der Waals surface area contributed by atoms with E-state index in [1.54, 1.807) is 6.21 Å². The highest BCUT2D eigenvalue weighted by Gasteiger charge is 2.24. The number of ether oxygens (including phenoxy) is 1. The lowest BCUT2D eigenvalue weighted by Gasteiger charge is -2.34. The summed E-state index contributed by atoms with van der Waals surface area (Å²) in [5.74, 6) is 0.988. The number of nitrogens with one attached hydrogen (secondary N) is 1. The van der Waals surface area contributed by atoms with Crippen LogP contribution in [0, 0.1) is 0 Å². The third-order valence-corrected chi connectivity index (χ3v) is 7.13. The van der Waals surface area contributed by atoms with Gasteiger partial charge in [-0.3, -0.25) is 14.6 Å². The quantitative estimate of drug-likeness (QED) is 0.240. The maximum atomic E-state index is 12.6. The predicted octanol–water partition coefficient (Wildman–Crippen LogP) is 5.43. The summed E-state index contributed by atoms with van der Waals surface area (Å²) in [4.78, 5) is 17.2. The first kappa shape index (κ1) is 30.6. The number of aromatic hydroxyl groups is 1. The van der Waals surface area contributed by atoms with Gasteiger partial charge in [0.1, 0.15) is 11.5 Å². The van der Waals surface area contributed by atoms with Crippen LogP contribution >= 0.6 is 0 Å². The Morgan fingerprint density at radius 2 is 1.64 bits per heavy atom. The Balaban J connectivity index is 1.48. The normalized spacial score (nSPS) is 15.6. The number of rotatable bonds is 10. The van der Waals surface area contributed by atoms with Crippen molar-refractivity contribution < 1.29 is 14.6 Å². The van der Waals surface area contributed by atoms with Crippen molar-refractivity contribution in [3.8, 4) is 11.5 Å². The fourth-order valence-electron chi connectivity index (χ4n) is 4.56. The number of carbonyl (C=O) groups is 1. The van der Waals surface area contributed by atoms with Crippen molar-refractivity contribution in [2.75, 3.05) is 39.3 Å². The van der Waals surface area contributed by atoms with Crippen LogP contribution in [-0.4, -0.2) is 66.4 Å². The number of piperazine rings is 1. The Hall–Kier alpha value is -2.90. The maximum Gasteiger partial charge on any atom is 0.254 e. The lowest BCUT2D eigenvalue weighted by atomic mass is 9.79. The van der Waals surface area contributed by atoms with Crippen LogP contribution in [0.5, 0.6) is 11.5 Å². The van der Waals surface area contributed by atoms with Crippen LogP contribution < -0.4 is 10.2 Å². The molecule has 1 amide bonds. The second-order valence-corrected chi connectivity index (χ2v) is 12.7. The highest BCUT2D eigenvalue weighted by atomic mass is 16.5. The zero-order valence-corrected chi connectivity index (χ0v) is 25.0. The van der Waals surface area contributed by atoms with Crippen LogP contribution in [0.4, 0.5) is 0 Å². The zero-order chi connectivity index (χ0) is 28.6. The van der Waals surface area contributed by atoms with Gasteiger partial charge in [0.15, 0.2) is 0 Å². The van der Waals surface area contributed by atoms with E-state index in [0.717, 1.165) is 69.0 Å². The zero-order valence-electron chi connectivity index (χ0n) is 25.0. The van der Waals surface area contributed by atoms with Crippen LogP contribution in [0.1, 0.15) is 83.6 Å². The van der Waals surface area contributed by atoms with Crippen LogP contribution in [0.15, 0.2) is 41.5 Å². The van der Waals surface area contributed by atoms with Crippen molar-refractivity contribution in [3.05, 3.63) is 58.7 Å². The number of amides is 1. The standard InChI is InChI=1S/C32H48N4O3/c1-8-9-18-39-27-12-10-24(11-13-27)22-35-14-16-36(17-15-35)23-29(37)34-33-21-25-19-26(31(2,3)4)20-28(30(25)38)32(5,6)7/h10-13,19-21,38H,8-9,14-18,22-23H2,1-7H3,(H,34,37)/b33-21+. The number of hydrogen-bond donors (Lipinski definition) is 2. The minimum Gasteiger partial charge on any atom is -0.507 e. The average Bonchev–Trinajstić information content (AvgIpc) is 2.86. The molecule has 2 aromatic rings. The monoisotopic (exact) mass is 536 g/mol. The molecule has 0 saturated carbocycles. The number of phenols is 1. The molecule has 7 heteroatoms. The fraction of sp³-hybridized carbons (Fsp3) is 0.562. The fourth-order valence-corrected chi connectivity index (χ4v) is 4.56. The van der Waals surface area contributed by atoms with Crippen molar-refractivity contribution in [3.63, 3.8) is 0 Å². The first-order valence-electron chi connectivity index (χ1n) is 14.2. The molecule has 0 radical (unpaired) electrons. The first-order valence-corrected chi connectivity index (χ1v) is 14.2. The smallest absolute Gasteiger partial charge is 0.254 e. The molecule has 7 nitrogen and oxygen atoms in total. The Morgan fingerprint density at radius 3 is 2.23 bits per heavy atom. The molecule has 0 bridgehead atoms. The average molecular weight is 537 g/mol. The van der Waals surface area contributed by atoms with E-state index in [2.05, 4.69) is 99.1 Å². The van der Waals surface area contributed by atoms with Crippen LogP contribution in [0.25, 0.3) is 0 Å². The van der Waals surface area contributed by atoms with Gasteiger partial charge in [0.25, 0.3) is 5.91 Å². The summed E-state index contributed by atoms with van der Waals surface area (Å²) in [5, 5.41) is 15.1. The molecular weight excluding hydrogens is 488 g/mol. The van der Waals surface area contributed by atoms with Gasteiger partial charge in [-0.25, -0.2) is 5.43 Å². The highest BCUT2D eigenvalue weighted by Crippen LogP contribution is 2.37. The van der Waals surface area contributed by atoms with Crippen molar-refractivity contribution in [2.24, 2.45) is 5.10 Å². The number of unbranched alkanes of at least 4 members (excludes halogenated alkanes) is 1. The molecule has 0 atom stereocenters. The summed E-state index contributed by atoms with van der Waals surface area (Å²) < 4.78 is 5.76. The largest absolute Gasteiger partial charge is 0.507 e. The third-order valence-electron chi connectivity index (χ3n) is 7.13. The SMILES string of the molecule is CCCCOc1ccc(CN2CCN(CC(=O)N/N=C/c3cc(C(C)(C)C)cc(C(C)(C)C)c3O)CC2)cc1. The highest BCUT2D eigenvalue weighted by molar-refractivity contribution is 5.86. The lowest BCUT2D eigenvalue weighted by molar-refractivity contribution is -0.122. The molecule has 0 spiro atoms. The van der Waals surface area contributed by atoms with E-state index in [9.17, 15) is 9.90 Å². The molecule has 1 fully saturated rings. The summed E-state index contributed by atoms with van der Waals surface area (Å²) in [6.45, 7) is 20.3. The minimum absolute atomic E-state index is 0.0756. The van der Waals surface area contributed by atoms with Gasteiger partial charge in [-0.2, -0.15) is 5.10 Å². The molecule has 1 heterocycles. The molecule has 0 unspecified atom stereocenters. The summed E-state index contributed by atoms with van der Waals surface area (Å²) >= 11 is 0. The molecule has 0 aromatic heterocycles. The van der Waals surface area contributed by atoms with Gasteiger partial charge in [0.05, 0.1) is 19.4 Å². The van der Waals surface area contributed by atoms with Gasteiger partial charge >= 0.3 is 0 Å². The molecule has 39 heavy (non-hydrogen) atoms. The van der Waals surface area contributed by atoms with E-state index in [4.69, 9.17) is 4.74 Å². The van der Waals surface area contributed by atoms with E-state index >= 15 is 0 Å². The molecule has 1 saturated heterocycles. The molecule has 2 N–H and O–H groups in total. The summed E-state index contributed by atoms with van der Waals surface area (Å²) in [6.07, 6.45) is 3.76. The van der Waals surface area contributed by atoms with Gasteiger partial charge in [-0.1, -0.05) is 73.1 Å². The Morgan fingerprint density at radius 1 is 1.00 bits per heavy atom. The van der Waals surface area contributed by atoms with Crippen molar-refractivity contribution in [1.29, 1.82) is 0 Å². The van der Waals surface area contributed by atoms with Gasteiger partial charge in [-0.15, -0.1) is 0 Å². The number of nitrogens with zero attached hydrogens (tertiary/aromatic N) is 3. The van der Waals surface area contributed by atoms with Gasteiger partial charge in [0.2, 0.25) is 0 Å². The minimum atomic E-state index is -0.217. The van der Waals surface area contributed by atoms with E-state index in [0.29, 0.717) is 12.1 Å². The van der Waals surface area contributed by atoms with E-state index in [1.165, 1.54) is 5.56 Å².